The smallest absolute Gasteiger partial charge is 0.405 e. The Hall–Kier alpha value is -2.19. The number of nitro benzene ring substituents is 1. The topological polar surface area (TPSA) is 170 Å². The lowest BCUT2D eigenvalue weighted by atomic mass is 10.1. The fraction of sp³-hybridized carbons (Fsp3) is 0.176. The van der Waals surface area contributed by atoms with Gasteiger partial charge >= 0.3 is 27.3 Å². The number of nitrogens with zero attached hydrogens (tertiary/aromatic N) is 1. The van der Waals surface area contributed by atoms with Crippen molar-refractivity contribution in [3.05, 3.63) is 58.7 Å². The minimum Gasteiger partial charge on any atom is -0.506 e. The van der Waals surface area contributed by atoms with Crippen LogP contribution in [0.3, 0.4) is 0 Å². The minimum atomic E-state index is -5.96. The first-order chi connectivity index (χ1) is 15.1. The highest BCUT2D eigenvalue weighted by Crippen LogP contribution is 2.32. The summed E-state index contributed by atoms with van der Waals surface area (Å²) >= 11 is 3.65. The summed E-state index contributed by atoms with van der Waals surface area (Å²) in [6.07, 6.45) is -2.73. The normalized spacial score (nSPS) is 12.7. The lowest BCUT2D eigenvalue weighted by Gasteiger charge is -2.20. The van der Waals surface area contributed by atoms with E-state index in [1.807, 2.05) is 22.6 Å². The Morgan fingerprint density at radius 2 is 1.76 bits per heavy atom. The van der Waals surface area contributed by atoms with Gasteiger partial charge in [0.25, 0.3) is 5.69 Å². The summed E-state index contributed by atoms with van der Waals surface area (Å²) < 4.78 is 67.7. The number of benzene rings is 2. The van der Waals surface area contributed by atoms with Crippen molar-refractivity contribution in [2.45, 2.75) is 18.3 Å². The second-order valence-corrected chi connectivity index (χ2v) is 10.1. The molecule has 0 aromatic heterocycles. The average Bonchev–Trinajstić information content (AvgIpc) is 2.69. The highest BCUT2D eigenvalue weighted by Gasteiger charge is 2.52. The van der Waals surface area contributed by atoms with Crippen molar-refractivity contribution in [2.75, 3.05) is 0 Å². The van der Waals surface area contributed by atoms with Crippen molar-refractivity contribution in [3.63, 3.8) is 0 Å². The van der Waals surface area contributed by atoms with Crippen molar-refractivity contribution in [2.24, 2.45) is 0 Å². The van der Waals surface area contributed by atoms with E-state index in [0.29, 0.717) is 20.1 Å². The van der Waals surface area contributed by atoms with Crippen LogP contribution >= 0.6 is 45.2 Å². The zero-order valence-electron chi connectivity index (χ0n) is 16.0. The van der Waals surface area contributed by atoms with Crippen molar-refractivity contribution in [3.8, 4) is 11.5 Å². The van der Waals surface area contributed by atoms with Crippen molar-refractivity contribution < 1.29 is 50.8 Å². The number of phenolic OH excluding ortho intramolecular Hbond substituents is 1. The van der Waals surface area contributed by atoms with Gasteiger partial charge in [0.2, 0.25) is 0 Å². The van der Waals surface area contributed by atoms with Gasteiger partial charge in [-0.2, -0.15) is 17.2 Å². The van der Waals surface area contributed by atoms with Gasteiger partial charge in [-0.25, -0.2) is 9.59 Å². The summed E-state index contributed by atoms with van der Waals surface area (Å²) in [5.41, 5.74) is -2.12. The largest absolute Gasteiger partial charge is 0.506 e. The molecule has 11 nitrogen and oxygen atoms in total. The maximum atomic E-state index is 13.7. The molecule has 2 aromatic rings. The summed E-state index contributed by atoms with van der Waals surface area (Å²) in [7, 11) is -5.96. The van der Waals surface area contributed by atoms with Gasteiger partial charge in [-0.3, -0.25) is 14.7 Å². The maximum Gasteiger partial charge on any atom is 0.405 e. The van der Waals surface area contributed by atoms with E-state index in [1.165, 1.54) is 6.07 Å². The first-order valence-corrected chi connectivity index (χ1v) is 11.9. The summed E-state index contributed by atoms with van der Waals surface area (Å²) in [5.74, 6) is -3.69. The number of esters is 2. The molecule has 0 bridgehead atoms. The van der Waals surface area contributed by atoms with Crippen LogP contribution in [-0.2, 0) is 14.9 Å². The van der Waals surface area contributed by atoms with Crippen LogP contribution in [0.4, 0.5) is 14.5 Å². The summed E-state index contributed by atoms with van der Waals surface area (Å²) in [6, 6.07) is 5.16. The standard InChI is InChI=1S/C17H11F2I2NO10S/c1-7(17(18,19)33(28,29)30)31-15(24)10-6-9(2-3-13(10)22(26)27)32-16(25)11-4-8(20)5-12(21)14(11)23/h2-7,23H,1H3,(H,28,29,30). The highest BCUT2D eigenvalue weighted by atomic mass is 127. The lowest BCUT2D eigenvalue weighted by molar-refractivity contribution is -0.385. The van der Waals surface area contributed by atoms with Crippen molar-refractivity contribution >= 4 is 72.9 Å². The zero-order valence-corrected chi connectivity index (χ0v) is 21.1. The number of carbonyl (C=O) groups is 2. The minimum absolute atomic E-state index is 0.254. The molecule has 0 aliphatic carbocycles. The third-order valence-electron chi connectivity index (χ3n) is 3.94. The van der Waals surface area contributed by atoms with E-state index < -0.39 is 61.1 Å². The Balaban J connectivity index is 2.40. The molecule has 0 saturated carbocycles. The molecule has 1 atom stereocenters. The van der Waals surface area contributed by atoms with E-state index in [2.05, 4.69) is 4.74 Å². The lowest BCUT2D eigenvalue weighted by Crippen LogP contribution is -2.42. The molecule has 178 valence electrons. The second kappa shape index (κ2) is 9.97. The molecular formula is C17H11F2I2NO10S. The molecule has 0 amide bonds. The SMILES string of the molecule is CC(OC(=O)c1cc(OC(=O)c2cc(I)cc(I)c2O)ccc1[N+](=O)[O-])C(F)(F)S(=O)(=O)O. The molecule has 2 rings (SSSR count). The molecule has 0 heterocycles. The van der Waals surface area contributed by atoms with E-state index in [1.54, 1.807) is 28.7 Å². The molecule has 1 unspecified atom stereocenters. The van der Waals surface area contributed by atoms with Crippen LogP contribution in [0.15, 0.2) is 30.3 Å². The number of alkyl halides is 2. The first-order valence-electron chi connectivity index (χ1n) is 8.30. The Morgan fingerprint density at radius 3 is 2.30 bits per heavy atom. The Labute approximate surface area is 211 Å². The van der Waals surface area contributed by atoms with E-state index in [-0.39, 0.29) is 5.56 Å². The number of aromatic hydroxyl groups is 1. The highest BCUT2D eigenvalue weighted by molar-refractivity contribution is 14.1. The van der Waals surface area contributed by atoms with Gasteiger partial charge in [-0.15, -0.1) is 0 Å². The molecule has 0 fully saturated rings. The van der Waals surface area contributed by atoms with Crippen LogP contribution in [0.1, 0.15) is 27.6 Å². The molecule has 0 radical (unpaired) electrons. The molecule has 2 N–H and O–H groups in total. The van der Waals surface area contributed by atoms with Gasteiger partial charge in [0.1, 0.15) is 22.6 Å². The van der Waals surface area contributed by atoms with Crippen LogP contribution < -0.4 is 4.74 Å². The first kappa shape index (κ1) is 27.1. The third kappa shape index (κ3) is 6.03. The Bertz CT molecular complexity index is 1250. The molecular weight excluding hydrogens is 702 g/mol. The zero-order chi connectivity index (χ0) is 25.3. The molecule has 0 spiro atoms. The van der Waals surface area contributed by atoms with E-state index in [0.717, 1.165) is 12.1 Å². The van der Waals surface area contributed by atoms with Gasteiger partial charge in [0.15, 0.2) is 6.10 Å². The summed E-state index contributed by atoms with van der Waals surface area (Å²) in [5, 5.41) is 16.4. The van der Waals surface area contributed by atoms with E-state index in [9.17, 15) is 42.0 Å². The third-order valence-corrected chi connectivity index (χ3v) is 6.41. The molecule has 16 heteroatoms. The van der Waals surface area contributed by atoms with Gasteiger partial charge in [-0.05, 0) is 70.3 Å². The van der Waals surface area contributed by atoms with Crippen molar-refractivity contribution in [1.29, 1.82) is 0 Å². The van der Waals surface area contributed by atoms with Gasteiger partial charge < -0.3 is 14.6 Å². The Kier molecular flexibility index (Phi) is 8.18. The maximum absolute atomic E-state index is 13.7. The number of halogens is 4. The predicted octanol–water partition coefficient (Wildman–Crippen LogP) is 3.75. The van der Waals surface area contributed by atoms with Crippen LogP contribution in [0.25, 0.3) is 0 Å². The Morgan fingerprint density at radius 1 is 1.15 bits per heavy atom. The molecule has 33 heavy (non-hydrogen) atoms. The van der Waals surface area contributed by atoms with Gasteiger partial charge in [0, 0.05) is 15.7 Å². The van der Waals surface area contributed by atoms with Gasteiger partial charge in [0.05, 0.1) is 8.49 Å². The summed E-state index contributed by atoms with van der Waals surface area (Å²) in [6.45, 7) is 0.447. The van der Waals surface area contributed by atoms with E-state index in [4.69, 9.17) is 9.29 Å². The van der Waals surface area contributed by atoms with Crippen LogP contribution in [0.5, 0.6) is 11.5 Å². The monoisotopic (exact) mass is 713 g/mol. The van der Waals surface area contributed by atoms with Gasteiger partial charge in [-0.1, -0.05) is 0 Å². The van der Waals surface area contributed by atoms with Crippen LogP contribution in [-0.4, -0.2) is 46.3 Å². The molecule has 0 aliphatic heterocycles. The van der Waals surface area contributed by atoms with Crippen LogP contribution in [0.2, 0.25) is 0 Å². The number of ether oxygens (including phenoxy) is 2. The number of phenols is 1. The number of nitro groups is 1. The average molecular weight is 713 g/mol. The van der Waals surface area contributed by atoms with E-state index >= 15 is 0 Å². The fourth-order valence-electron chi connectivity index (χ4n) is 2.29. The summed E-state index contributed by atoms with van der Waals surface area (Å²) in [4.78, 5) is 34.9. The quantitative estimate of drug-likeness (QED) is 0.108. The van der Waals surface area contributed by atoms with Crippen LogP contribution in [0, 0.1) is 17.3 Å². The number of hydrogen-bond donors (Lipinski definition) is 2. The fourth-order valence-corrected chi connectivity index (χ4v) is 4.60. The molecule has 2 aromatic carbocycles. The number of hydrogen-bond acceptors (Lipinski definition) is 9. The number of carbonyl (C=O) groups excluding carboxylic acids is 2. The molecule has 0 saturated heterocycles. The number of rotatable bonds is 7. The predicted molar refractivity (Wildman–Crippen MR) is 123 cm³/mol. The van der Waals surface area contributed by atoms with Crippen molar-refractivity contribution in [1.82, 2.24) is 0 Å². The second-order valence-electron chi connectivity index (χ2n) is 6.19. The molecule has 0 aliphatic rings.